The molecule has 0 saturated carbocycles. The number of alkyl halides is 3. The van der Waals surface area contributed by atoms with Gasteiger partial charge in [0.1, 0.15) is 0 Å². The summed E-state index contributed by atoms with van der Waals surface area (Å²) in [5.41, 5.74) is -1.18. The van der Waals surface area contributed by atoms with Gasteiger partial charge in [0.15, 0.2) is 0 Å². The molecule has 2 rings (SSSR count). The molecule has 0 aliphatic carbocycles. The van der Waals surface area contributed by atoms with Crippen molar-refractivity contribution in [1.29, 1.82) is 0 Å². The molecule has 0 unspecified atom stereocenters. The molecule has 28 heavy (non-hydrogen) atoms. The van der Waals surface area contributed by atoms with E-state index in [4.69, 9.17) is 16.3 Å². The molecule has 1 heterocycles. The van der Waals surface area contributed by atoms with Crippen molar-refractivity contribution in [3.8, 4) is 0 Å². The number of rotatable bonds is 6. The topological polar surface area (TPSA) is 66.9 Å². The number of hydrogen-bond acceptors (Lipinski definition) is 5. The maximum Gasteiger partial charge on any atom is 0.417 e. The number of nitrogens with zero attached hydrogens (tertiary/aromatic N) is 2. The molecular formula is C17H22ClF3N2O4S. The van der Waals surface area contributed by atoms with Crippen LogP contribution in [0, 0.1) is 0 Å². The SMILES string of the molecule is CC(C)OC(=O)CCN1CCN(S(=O)(=O)c2ccc(Cl)c(C(F)(F)F)c2)CC1. The van der Waals surface area contributed by atoms with Crippen LogP contribution in [-0.2, 0) is 25.7 Å². The van der Waals surface area contributed by atoms with Crippen molar-refractivity contribution in [2.75, 3.05) is 32.7 Å². The summed E-state index contributed by atoms with van der Waals surface area (Å²) >= 11 is 5.55. The second-order valence-corrected chi connectivity index (χ2v) is 9.02. The van der Waals surface area contributed by atoms with Crippen LogP contribution in [0.1, 0.15) is 25.8 Å². The third-order valence-electron chi connectivity index (χ3n) is 4.21. The van der Waals surface area contributed by atoms with Gasteiger partial charge in [-0.1, -0.05) is 11.6 Å². The number of hydrogen-bond donors (Lipinski definition) is 0. The van der Waals surface area contributed by atoms with Crippen LogP contribution in [0.25, 0.3) is 0 Å². The van der Waals surface area contributed by atoms with Gasteiger partial charge in [0.25, 0.3) is 0 Å². The first-order valence-electron chi connectivity index (χ1n) is 8.70. The second kappa shape index (κ2) is 8.98. The summed E-state index contributed by atoms with van der Waals surface area (Å²) in [6, 6.07) is 2.57. The Labute approximate surface area is 167 Å². The van der Waals surface area contributed by atoms with Crippen LogP contribution >= 0.6 is 11.6 Å². The van der Waals surface area contributed by atoms with Gasteiger partial charge >= 0.3 is 12.1 Å². The fourth-order valence-corrected chi connectivity index (χ4v) is 4.47. The number of carbonyl (C=O) groups is 1. The van der Waals surface area contributed by atoms with E-state index in [1.165, 1.54) is 0 Å². The van der Waals surface area contributed by atoms with Gasteiger partial charge in [-0.15, -0.1) is 0 Å². The molecule has 0 radical (unpaired) electrons. The zero-order valence-electron chi connectivity index (χ0n) is 15.5. The zero-order valence-corrected chi connectivity index (χ0v) is 17.1. The largest absolute Gasteiger partial charge is 0.463 e. The molecule has 1 aliphatic rings. The van der Waals surface area contributed by atoms with Crippen LogP contribution in [0.4, 0.5) is 13.2 Å². The first-order valence-corrected chi connectivity index (χ1v) is 10.5. The minimum absolute atomic E-state index is 0.117. The Hall–Kier alpha value is -1.36. The van der Waals surface area contributed by atoms with E-state index in [1.54, 1.807) is 13.8 Å². The number of benzene rings is 1. The molecular weight excluding hydrogens is 421 g/mol. The quantitative estimate of drug-likeness (QED) is 0.633. The fourth-order valence-electron chi connectivity index (χ4n) is 2.80. The maximum atomic E-state index is 13.0. The van der Waals surface area contributed by atoms with Gasteiger partial charge in [0, 0.05) is 32.7 Å². The lowest BCUT2D eigenvalue weighted by Gasteiger charge is -2.33. The normalized spacial score (nSPS) is 17.1. The van der Waals surface area contributed by atoms with E-state index in [0.29, 0.717) is 25.7 Å². The Morgan fingerprint density at radius 3 is 2.36 bits per heavy atom. The van der Waals surface area contributed by atoms with Crippen LogP contribution < -0.4 is 0 Å². The first-order chi connectivity index (χ1) is 12.9. The molecule has 1 fully saturated rings. The highest BCUT2D eigenvalue weighted by Gasteiger charge is 2.36. The smallest absolute Gasteiger partial charge is 0.417 e. The van der Waals surface area contributed by atoms with E-state index in [1.807, 2.05) is 4.90 Å². The molecule has 0 amide bonds. The van der Waals surface area contributed by atoms with Crippen molar-refractivity contribution in [2.45, 2.75) is 37.4 Å². The lowest BCUT2D eigenvalue weighted by Crippen LogP contribution is -2.49. The molecule has 0 bridgehead atoms. The standard InChI is InChI=1S/C17H22ClF3N2O4S/c1-12(2)27-16(24)5-6-22-7-9-23(10-8-22)28(25,26)13-3-4-15(18)14(11-13)17(19,20)21/h3-4,11-12H,5-10H2,1-2H3. The van der Waals surface area contributed by atoms with E-state index >= 15 is 0 Å². The van der Waals surface area contributed by atoms with Gasteiger partial charge in [-0.25, -0.2) is 8.42 Å². The predicted octanol–water partition coefficient (Wildman–Crippen LogP) is 3.01. The number of halogens is 4. The highest BCUT2D eigenvalue weighted by Crippen LogP contribution is 2.36. The van der Waals surface area contributed by atoms with Crippen molar-refractivity contribution < 1.29 is 31.1 Å². The number of piperazine rings is 1. The fraction of sp³-hybridized carbons (Fsp3) is 0.588. The van der Waals surface area contributed by atoms with Crippen molar-refractivity contribution >= 4 is 27.6 Å². The maximum absolute atomic E-state index is 13.0. The molecule has 1 aromatic carbocycles. The molecule has 1 aliphatic heterocycles. The molecule has 1 saturated heterocycles. The molecule has 0 spiro atoms. The molecule has 1 aromatic rings. The van der Waals surface area contributed by atoms with Gasteiger partial charge in [-0.3, -0.25) is 4.79 Å². The average Bonchev–Trinajstić information content (AvgIpc) is 2.59. The molecule has 0 N–H and O–H groups in total. The van der Waals surface area contributed by atoms with Crippen LogP contribution in [0.2, 0.25) is 5.02 Å². The van der Waals surface area contributed by atoms with E-state index in [0.717, 1.165) is 16.4 Å². The van der Waals surface area contributed by atoms with Crippen molar-refractivity contribution in [1.82, 2.24) is 9.21 Å². The number of esters is 1. The Bertz CT molecular complexity index is 807. The first kappa shape index (κ1) is 22.9. The average molecular weight is 443 g/mol. The monoisotopic (exact) mass is 442 g/mol. The van der Waals surface area contributed by atoms with E-state index in [-0.39, 0.29) is 31.6 Å². The minimum Gasteiger partial charge on any atom is -0.463 e. The lowest BCUT2D eigenvalue weighted by molar-refractivity contribution is -0.147. The van der Waals surface area contributed by atoms with Gasteiger partial charge in [0.05, 0.1) is 28.0 Å². The molecule has 0 aromatic heterocycles. The summed E-state index contributed by atoms with van der Waals surface area (Å²) in [7, 11) is -4.08. The van der Waals surface area contributed by atoms with E-state index in [2.05, 4.69) is 0 Å². The van der Waals surface area contributed by atoms with Gasteiger partial charge in [-0.2, -0.15) is 17.5 Å². The number of ether oxygens (including phenoxy) is 1. The van der Waals surface area contributed by atoms with Gasteiger partial charge in [0.2, 0.25) is 10.0 Å². The second-order valence-electron chi connectivity index (χ2n) is 6.67. The highest BCUT2D eigenvalue weighted by molar-refractivity contribution is 7.89. The Morgan fingerprint density at radius 1 is 1.21 bits per heavy atom. The lowest BCUT2D eigenvalue weighted by atomic mass is 10.2. The van der Waals surface area contributed by atoms with E-state index < -0.39 is 31.7 Å². The highest BCUT2D eigenvalue weighted by atomic mass is 35.5. The molecule has 0 atom stereocenters. The van der Waals surface area contributed by atoms with Crippen LogP contribution in [-0.4, -0.2) is 62.4 Å². The Balaban J connectivity index is 2.01. The molecule has 11 heteroatoms. The molecule has 6 nitrogen and oxygen atoms in total. The summed E-state index contributed by atoms with van der Waals surface area (Å²) in [4.78, 5) is 13.1. The predicted molar refractivity (Wildman–Crippen MR) is 97.5 cm³/mol. The van der Waals surface area contributed by atoms with Crippen molar-refractivity contribution in [3.63, 3.8) is 0 Å². The Morgan fingerprint density at radius 2 is 1.82 bits per heavy atom. The van der Waals surface area contributed by atoms with Gasteiger partial charge in [-0.05, 0) is 32.0 Å². The molecule has 158 valence electrons. The zero-order chi connectivity index (χ0) is 21.1. The van der Waals surface area contributed by atoms with Crippen molar-refractivity contribution in [2.24, 2.45) is 0 Å². The number of sulfonamides is 1. The summed E-state index contributed by atoms with van der Waals surface area (Å²) in [6.45, 7) is 4.91. The Kier molecular flexibility index (Phi) is 7.35. The minimum atomic E-state index is -4.74. The van der Waals surface area contributed by atoms with Crippen molar-refractivity contribution in [3.05, 3.63) is 28.8 Å². The van der Waals surface area contributed by atoms with Gasteiger partial charge < -0.3 is 9.64 Å². The third kappa shape index (κ3) is 5.82. The summed E-state index contributed by atoms with van der Waals surface area (Å²) in [5, 5.41) is -0.551. The van der Waals surface area contributed by atoms with Crippen LogP contribution in [0.5, 0.6) is 0 Å². The third-order valence-corrected chi connectivity index (χ3v) is 6.44. The summed E-state index contributed by atoms with van der Waals surface area (Å²) < 4.78 is 70.6. The van der Waals surface area contributed by atoms with E-state index in [9.17, 15) is 26.4 Å². The number of carbonyl (C=O) groups excluding carboxylic acids is 1. The van der Waals surface area contributed by atoms with Crippen LogP contribution in [0.15, 0.2) is 23.1 Å². The summed E-state index contributed by atoms with van der Waals surface area (Å²) in [5.74, 6) is -0.328. The summed E-state index contributed by atoms with van der Waals surface area (Å²) in [6.07, 6.45) is -4.75. The van der Waals surface area contributed by atoms with Crippen LogP contribution in [0.3, 0.4) is 0 Å².